The largest absolute Gasteiger partial charge is 0.316 e. The van der Waals surface area contributed by atoms with Gasteiger partial charge in [0.2, 0.25) is 0 Å². The van der Waals surface area contributed by atoms with Crippen molar-refractivity contribution in [2.45, 2.75) is 33.6 Å². The minimum Gasteiger partial charge on any atom is -0.316 e. The molecule has 2 unspecified atom stereocenters. The molecule has 2 nitrogen and oxygen atoms in total. The number of nitrogens with one attached hydrogen (secondary N) is 2. The van der Waals surface area contributed by atoms with E-state index in [2.05, 4.69) is 31.4 Å². The molecule has 0 aromatic rings. The van der Waals surface area contributed by atoms with Gasteiger partial charge in [0, 0.05) is 0 Å². The molecule has 0 bridgehead atoms. The first-order chi connectivity index (χ1) is 6.70. The Kier molecular flexibility index (Phi) is 5.49. The lowest BCUT2D eigenvalue weighted by Gasteiger charge is -2.16. The molecule has 2 N–H and O–H groups in total. The number of hydrogen-bond acceptors (Lipinski definition) is 2. The minimum absolute atomic E-state index is 0.802. The van der Waals surface area contributed by atoms with Crippen LogP contribution in [0.3, 0.4) is 0 Å². The van der Waals surface area contributed by atoms with E-state index in [-0.39, 0.29) is 0 Å². The lowest BCUT2D eigenvalue weighted by molar-refractivity contribution is 0.383. The van der Waals surface area contributed by atoms with Gasteiger partial charge in [-0.2, -0.15) is 0 Å². The average molecular weight is 198 g/mol. The Morgan fingerprint density at radius 3 is 2.71 bits per heavy atom. The van der Waals surface area contributed by atoms with Crippen molar-refractivity contribution in [2.24, 2.45) is 17.8 Å². The van der Waals surface area contributed by atoms with Crippen molar-refractivity contribution in [3.05, 3.63) is 0 Å². The summed E-state index contributed by atoms with van der Waals surface area (Å²) in [4.78, 5) is 0. The molecular weight excluding hydrogens is 172 g/mol. The molecule has 0 spiro atoms. The molecule has 1 rings (SSSR count). The maximum absolute atomic E-state index is 3.57. The summed E-state index contributed by atoms with van der Waals surface area (Å²) >= 11 is 0. The SMILES string of the molecule is CC(C)C(C)CNCCC1CCNC1. The molecule has 0 aromatic carbocycles. The first-order valence-electron chi connectivity index (χ1n) is 6.11. The van der Waals surface area contributed by atoms with Crippen LogP contribution >= 0.6 is 0 Å². The van der Waals surface area contributed by atoms with Crippen molar-refractivity contribution in [2.75, 3.05) is 26.2 Å². The van der Waals surface area contributed by atoms with Crippen LogP contribution in [0.4, 0.5) is 0 Å². The highest BCUT2D eigenvalue weighted by Crippen LogP contribution is 2.11. The van der Waals surface area contributed by atoms with Crippen molar-refractivity contribution in [3.63, 3.8) is 0 Å². The van der Waals surface area contributed by atoms with E-state index >= 15 is 0 Å². The minimum atomic E-state index is 0.802. The van der Waals surface area contributed by atoms with Crippen molar-refractivity contribution in [1.82, 2.24) is 10.6 Å². The third-order valence-corrected chi connectivity index (χ3v) is 3.50. The quantitative estimate of drug-likeness (QED) is 0.637. The lowest BCUT2D eigenvalue weighted by Crippen LogP contribution is -2.26. The Bertz CT molecular complexity index is 135. The van der Waals surface area contributed by atoms with Gasteiger partial charge in [-0.25, -0.2) is 0 Å². The highest BCUT2D eigenvalue weighted by molar-refractivity contribution is 4.72. The van der Waals surface area contributed by atoms with Gasteiger partial charge >= 0.3 is 0 Å². The van der Waals surface area contributed by atoms with Crippen LogP contribution in [0.2, 0.25) is 0 Å². The predicted molar refractivity (Wildman–Crippen MR) is 62.5 cm³/mol. The molecule has 1 aliphatic rings. The monoisotopic (exact) mass is 198 g/mol. The molecule has 2 atom stereocenters. The number of rotatable bonds is 6. The van der Waals surface area contributed by atoms with E-state index in [0.717, 1.165) is 17.8 Å². The first kappa shape index (κ1) is 12.0. The summed E-state index contributed by atoms with van der Waals surface area (Å²) in [6, 6.07) is 0. The van der Waals surface area contributed by atoms with Gasteiger partial charge in [0.15, 0.2) is 0 Å². The van der Waals surface area contributed by atoms with Gasteiger partial charge in [-0.15, -0.1) is 0 Å². The Morgan fingerprint density at radius 2 is 2.14 bits per heavy atom. The summed E-state index contributed by atoms with van der Waals surface area (Å²) in [6.45, 7) is 11.8. The van der Waals surface area contributed by atoms with Gasteiger partial charge in [0.25, 0.3) is 0 Å². The standard InChI is InChI=1S/C12H26N2/c1-10(2)11(3)8-13-6-4-12-5-7-14-9-12/h10-14H,4-9H2,1-3H3. The Labute approximate surface area is 88.8 Å². The van der Waals surface area contributed by atoms with Crippen molar-refractivity contribution < 1.29 is 0 Å². The highest BCUT2D eigenvalue weighted by Gasteiger charge is 2.13. The summed E-state index contributed by atoms with van der Waals surface area (Å²) in [5, 5.41) is 6.98. The van der Waals surface area contributed by atoms with Crippen molar-refractivity contribution >= 4 is 0 Å². The van der Waals surface area contributed by atoms with E-state index in [0.29, 0.717) is 0 Å². The summed E-state index contributed by atoms with van der Waals surface area (Å²) in [5.74, 6) is 2.53. The lowest BCUT2D eigenvalue weighted by atomic mass is 9.98. The van der Waals surface area contributed by atoms with Crippen LogP contribution < -0.4 is 10.6 Å². The van der Waals surface area contributed by atoms with E-state index in [1.807, 2.05) is 0 Å². The smallest absolute Gasteiger partial charge is 0.00196 e. The third-order valence-electron chi connectivity index (χ3n) is 3.50. The molecule has 1 saturated heterocycles. The fourth-order valence-corrected chi connectivity index (χ4v) is 1.83. The second-order valence-electron chi connectivity index (χ2n) is 5.07. The van der Waals surface area contributed by atoms with Crippen LogP contribution in [0.5, 0.6) is 0 Å². The van der Waals surface area contributed by atoms with E-state index in [1.54, 1.807) is 0 Å². The van der Waals surface area contributed by atoms with Crippen LogP contribution in [-0.4, -0.2) is 26.2 Å². The molecule has 14 heavy (non-hydrogen) atoms. The molecule has 2 heteroatoms. The van der Waals surface area contributed by atoms with Gasteiger partial charge < -0.3 is 10.6 Å². The molecule has 0 aliphatic carbocycles. The Hall–Kier alpha value is -0.0800. The van der Waals surface area contributed by atoms with Gasteiger partial charge in [-0.1, -0.05) is 20.8 Å². The van der Waals surface area contributed by atoms with Crippen LogP contribution in [0.25, 0.3) is 0 Å². The van der Waals surface area contributed by atoms with Gasteiger partial charge in [-0.05, 0) is 56.8 Å². The van der Waals surface area contributed by atoms with Gasteiger partial charge in [0.05, 0.1) is 0 Å². The molecule has 0 radical (unpaired) electrons. The molecule has 1 fully saturated rings. The van der Waals surface area contributed by atoms with Crippen molar-refractivity contribution in [3.8, 4) is 0 Å². The van der Waals surface area contributed by atoms with Crippen molar-refractivity contribution in [1.29, 1.82) is 0 Å². The zero-order valence-electron chi connectivity index (χ0n) is 9.97. The first-order valence-corrected chi connectivity index (χ1v) is 6.11. The molecule has 0 aromatic heterocycles. The Balaban J connectivity index is 1.93. The predicted octanol–water partition coefficient (Wildman–Crippen LogP) is 1.87. The molecule has 1 aliphatic heterocycles. The maximum atomic E-state index is 3.57. The number of hydrogen-bond donors (Lipinski definition) is 2. The van der Waals surface area contributed by atoms with Gasteiger partial charge in [0.1, 0.15) is 0 Å². The summed E-state index contributed by atoms with van der Waals surface area (Å²) in [7, 11) is 0. The summed E-state index contributed by atoms with van der Waals surface area (Å²) in [6.07, 6.45) is 2.72. The zero-order chi connectivity index (χ0) is 10.4. The normalized spacial score (nSPS) is 24.4. The van der Waals surface area contributed by atoms with E-state index in [9.17, 15) is 0 Å². The van der Waals surface area contributed by atoms with Crippen LogP contribution in [0.15, 0.2) is 0 Å². The second kappa shape index (κ2) is 6.41. The molecule has 1 heterocycles. The van der Waals surface area contributed by atoms with Crippen LogP contribution in [-0.2, 0) is 0 Å². The van der Waals surface area contributed by atoms with Crippen LogP contribution in [0.1, 0.15) is 33.6 Å². The van der Waals surface area contributed by atoms with E-state index in [4.69, 9.17) is 0 Å². The topological polar surface area (TPSA) is 24.1 Å². The fraction of sp³-hybridized carbons (Fsp3) is 1.00. The highest BCUT2D eigenvalue weighted by atomic mass is 14.9. The van der Waals surface area contributed by atoms with Crippen LogP contribution in [0, 0.1) is 17.8 Å². The Morgan fingerprint density at radius 1 is 1.36 bits per heavy atom. The molecule has 0 saturated carbocycles. The second-order valence-corrected chi connectivity index (χ2v) is 5.07. The molecule has 0 amide bonds. The maximum Gasteiger partial charge on any atom is -0.00196 e. The van der Waals surface area contributed by atoms with E-state index in [1.165, 1.54) is 39.0 Å². The van der Waals surface area contributed by atoms with Gasteiger partial charge in [-0.3, -0.25) is 0 Å². The fourth-order valence-electron chi connectivity index (χ4n) is 1.83. The third kappa shape index (κ3) is 4.43. The van der Waals surface area contributed by atoms with E-state index < -0.39 is 0 Å². The molecule has 84 valence electrons. The summed E-state index contributed by atoms with van der Waals surface area (Å²) < 4.78 is 0. The summed E-state index contributed by atoms with van der Waals surface area (Å²) in [5.41, 5.74) is 0. The average Bonchev–Trinajstić information content (AvgIpc) is 2.64. The zero-order valence-corrected chi connectivity index (χ0v) is 9.97. The molecular formula is C12H26N2.